The fraction of sp³-hybridized carbons (Fsp3) is 1.00. The highest BCUT2D eigenvalue weighted by Gasteiger charge is 2.34. The molecule has 0 aromatic rings. The van der Waals surface area contributed by atoms with Gasteiger partial charge in [-0.15, -0.1) is 0 Å². The molecule has 13 heavy (non-hydrogen) atoms. The van der Waals surface area contributed by atoms with Gasteiger partial charge in [0.1, 0.15) is 0 Å². The molecule has 78 valence electrons. The summed E-state index contributed by atoms with van der Waals surface area (Å²) in [6.45, 7) is 8.18. The number of nitrogens with zero attached hydrogens (tertiary/aromatic N) is 1. The zero-order valence-electron chi connectivity index (χ0n) is 8.88. The van der Waals surface area contributed by atoms with Crippen LogP contribution in [0.15, 0.2) is 0 Å². The van der Waals surface area contributed by atoms with Gasteiger partial charge >= 0.3 is 0 Å². The highest BCUT2D eigenvalue weighted by molar-refractivity contribution is 4.89. The SMILES string of the molecule is CC(C)(C)N1CCC(O)(CO)CC1. The van der Waals surface area contributed by atoms with Crippen molar-refractivity contribution in [1.82, 2.24) is 4.90 Å². The lowest BCUT2D eigenvalue weighted by Gasteiger charge is -2.43. The van der Waals surface area contributed by atoms with Crippen molar-refractivity contribution < 1.29 is 10.2 Å². The van der Waals surface area contributed by atoms with E-state index in [-0.39, 0.29) is 12.1 Å². The van der Waals surface area contributed by atoms with Crippen molar-refractivity contribution >= 4 is 0 Å². The van der Waals surface area contributed by atoms with Gasteiger partial charge in [-0.05, 0) is 33.6 Å². The predicted octanol–water partition coefficient (Wildman–Crippen LogP) is 0.604. The molecule has 0 aromatic carbocycles. The average molecular weight is 187 g/mol. The number of hydrogen-bond acceptors (Lipinski definition) is 3. The highest BCUT2D eigenvalue weighted by Crippen LogP contribution is 2.26. The molecule has 1 rings (SSSR count). The lowest BCUT2D eigenvalue weighted by molar-refractivity contribution is -0.0731. The zero-order chi connectivity index (χ0) is 10.1. The van der Waals surface area contributed by atoms with Gasteiger partial charge in [-0.25, -0.2) is 0 Å². The van der Waals surface area contributed by atoms with E-state index >= 15 is 0 Å². The minimum atomic E-state index is -0.818. The first-order chi connectivity index (χ1) is 5.87. The quantitative estimate of drug-likeness (QED) is 0.632. The Kier molecular flexibility index (Phi) is 3.00. The molecule has 0 radical (unpaired) electrons. The lowest BCUT2D eigenvalue weighted by atomic mass is 9.90. The molecule has 1 fully saturated rings. The number of likely N-dealkylation sites (tertiary alicyclic amines) is 1. The molecule has 3 heteroatoms. The van der Waals surface area contributed by atoms with Crippen LogP contribution in [-0.2, 0) is 0 Å². The highest BCUT2D eigenvalue weighted by atomic mass is 16.3. The summed E-state index contributed by atoms with van der Waals surface area (Å²) in [5.41, 5.74) is -0.640. The average Bonchev–Trinajstić information content (AvgIpc) is 2.04. The Balaban J connectivity index is 2.48. The van der Waals surface area contributed by atoms with Crippen molar-refractivity contribution in [2.45, 2.75) is 44.8 Å². The van der Waals surface area contributed by atoms with E-state index in [9.17, 15) is 5.11 Å². The molecule has 0 aromatic heterocycles. The summed E-state index contributed by atoms with van der Waals surface area (Å²) in [6.07, 6.45) is 1.36. The Labute approximate surface area is 80.4 Å². The molecule has 0 spiro atoms. The number of piperidine rings is 1. The van der Waals surface area contributed by atoms with Gasteiger partial charge in [0.25, 0.3) is 0 Å². The predicted molar refractivity (Wildman–Crippen MR) is 52.6 cm³/mol. The van der Waals surface area contributed by atoms with Crippen LogP contribution in [0, 0.1) is 0 Å². The van der Waals surface area contributed by atoms with Crippen molar-refractivity contribution in [2.24, 2.45) is 0 Å². The molecule has 0 bridgehead atoms. The molecule has 0 unspecified atom stereocenters. The summed E-state index contributed by atoms with van der Waals surface area (Å²) in [6, 6.07) is 0. The van der Waals surface area contributed by atoms with Crippen molar-refractivity contribution in [3.8, 4) is 0 Å². The van der Waals surface area contributed by atoms with E-state index in [1.807, 2.05) is 0 Å². The van der Waals surface area contributed by atoms with Crippen molar-refractivity contribution in [1.29, 1.82) is 0 Å². The zero-order valence-corrected chi connectivity index (χ0v) is 8.88. The fourth-order valence-corrected chi connectivity index (χ4v) is 1.75. The third-order valence-corrected chi connectivity index (χ3v) is 2.94. The number of hydrogen-bond donors (Lipinski definition) is 2. The molecule has 0 aliphatic carbocycles. The van der Waals surface area contributed by atoms with Crippen LogP contribution in [0.4, 0.5) is 0 Å². The molecule has 0 atom stereocenters. The fourth-order valence-electron chi connectivity index (χ4n) is 1.75. The van der Waals surface area contributed by atoms with Gasteiger partial charge in [-0.3, -0.25) is 4.90 Å². The van der Waals surface area contributed by atoms with Gasteiger partial charge in [0.05, 0.1) is 12.2 Å². The first kappa shape index (κ1) is 11.0. The Bertz CT molecular complexity index is 166. The van der Waals surface area contributed by atoms with Crippen LogP contribution in [0.3, 0.4) is 0 Å². The number of rotatable bonds is 1. The molecule has 1 aliphatic heterocycles. The third kappa shape index (κ3) is 2.66. The molecule has 1 aliphatic rings. The first-order valence-electron chi connectivity index (χ1n) is 4.96. The van der Waals surface area contributed by atoms with Crippen LogP contribution in [0.25, 0.3) is 0 Å². The van der Waals surface area contributed by atoms with Gasteiger partial charge in [0, 0.05) is 18.6 Å². The molecule has 3 nitrogen and oxygen atoms in total. The summed E-state index contributed by atoms with van der Waals surface area (Å²) in [5.74, 6) is 0. The number of aliphatic hydroxyl groups excluding tert-OH is 1. The second-order valence-electron chi connectivity index (χ2n) is 5.04. The summed E-state index contributed by atoms with van der Waals surface area (Å²) in [7, 11) is 0. The summed E-state index contributed by atoms with van der Waals surface area (Å²) in [5, 5.41) is 18.8. The van der Waals surface area contributed by atoms with E-state index in [0.29, 0.717) is 12.8 Å². The van der Waals surface area contributed by atoms with Gasteiger partial charge in [-0.1, -0.05) is 0 Å². The van der Waals surface area contributed by atoms with Crippen molar-refractivity contribution in [3.05, 3.63) is 0 Å². The van der Waals surface area contributed by atoms with Crippen LogP contribution in [0.5, 0.6) is 0 Å². The summed E-state index contributed by atoms with van der Waals surface area (Å²) < 4.78 is 0. The molecule has 0 saturated carbocycles. The second-order valence-corrected chi connectivity index (χ2v) is 5.04. The van der Waals surface area contributed by atoms with Crippen molar-refractivity contribution in [3.63, 3.8) is 0 Å². The minimum Gasteiger partial charge on any atom is -0.393 e. The maximum Gasteiger partial charge on any atom is 0.0901 e. The van der Waals surface area contributed by atoms with E-state index in [4.69, 9.17) is 5.11 Å². The maximum absolute atomic E-state index is 9.79. The molecule has 1 saturated heterocycles. The first-order valence-corrected chi connectivity index (χ1v) is 4.96. The Morgan fingerprint density at radius 3 is 2.00 bits per heavy atom. The molecule has 2 N–H and O–H groups in total. The van der Waals surface area contributed by atoms with Gasteiger partial charge in [0.15, 0.2) is 0 Å². The largest absolute Gasteiger partial charge is 0.393 e. The Morgan fingerprint density at radius 2 is 1.69 bits per heavy atom. The van der Waals surface area contributed by atoms with Crippen LogP contribution in [-0.4, -0.2) is 45.9 Å². The molecular weight excluding hydrogens is 166 g/mol. The van der Waals surface area contributed by atoms with E-state index in [1.165, 1.54) is 0 Å². The van der Waals surface area contributed by atoms with Gasteiger partial charge in [-0.2, -0.15) is 0 Å². The molecule has 1 heterocycles. The maximum atomic E-state index is 9.79. The van der Waals surface area contributed by atoms with Crippen LogP contribution in [0.2, 0.25) is 0 Å². The monoisotopic (exact) mass is 187 g/mol. The standard InChI is InChI=1S/C10H21NO2/c1-9(2,3)11-6-4-10(13,8-12)5-7-11/h12-13H,4-8H2,1-3H3. The topological polar surface area (TPSA) is 43.7 Å². The van der Waals surface area contributed by atoms with E-state index in [0.717, 1.165) is 13.1 Å². The Morgan fingerprint density at radius 1 is 1.23 bits per heavy atom. The third-order valence-electron chi connectivity index (χ3n) is 2.94. The Hall–Kier alpha value is -0.120. The summed E-state index contributed by atoms with van der Waals surface area (Å²) in [4.78, 5) is 2.34. The normalized spacial score (nSPS) is 24.7. The van der Waals surface area contributed by atoms with Gasteiger partial charge < -0.3 is 10.2 Å². The number of aliphatic hydroxyl groups is 2. The lowest BCUT2D eigenvalue weighted by Crippen LogP contribution is -2.52. The van der Waals surface area contributed by atoms with Crippen LogP contribution in [0.1, 0.15) is 33.6 Å². The minimum absolute atomic E-state index is 0.106. The van der Waals surface area contributed by atoms with Crippen LogP contribution < -0.4 is 0 Å². The molecule has 0 amide bonds. The second kappa shape index (κ2) is 3.56. The molecular formula is C10H21NO2. The van der Waals surface area contributed by atoms with Crippen molar-refractivity contribution in [2.75, 3.05) is 19.7 Å². The van der Waals surface area contributed by atoms with E-state index in [1.54, 1.807) is 0 Å². The van der Waals surface area contributed by atoms with E-state index < -0.39 is 5.60 Å². The smallest absolute Gasteiger partial charge is 0.0901 e. The summed E-state index contributed by atoms with van der Waals surface area (Å²) >= 11 is 0. The van der Waals surface area contributed by atoms with Gasteiger partial charge in [0.2, 0.25) is 0 Å². The van der Waals surface area contributed by atoms with Crippen LogP contribution >= 0.6 is 0 Å². The van der Waals surface area contributed by atoms with E-state index in [2.05, 4.69) is 25.7 Å².